The van der Waals surface area contributed by atoms with Gasteiger partial charge in [0.15, 0.2) is 6.29 Å². The average molecular weight is 793 g/mol. The van der Waals surface area contributed by atoms with Crippen molar-refractivity contribution in [1.82, 2.24) is 14.5 Å². The molecule has 1 N–H and O–H groups in total. The van der Waals surface area contributed by atoms with Crippen molar-refractivity contribution in [3.05, 3.63) is 230 Å². The Hall–Kier alpha value is -8.21. The third-order valence-electron chi connectivity index (χ3n) is 12.4. The zero-order valence-electron chi connectivity index (χ0n) is 33.9. The van der Waals surface area contributed by atoms with E-state index in [-0.39, 0.29) is 6.29 Å². The Morgan fingerprint density at radius 2 is 0.774 bits per heavy atom. The first-order valence-electron chi connectivity index (χ1n) is 21.2. The van der Waals surface area contributed by atoms with Gasteiger partial charge in [-0.1, -0.05) is 152 Å². The lowest BCUT2D eigenvalue weighted by Gasteiger charge is -2.22. The molecule has 0 radical (unpaired) electrons. The predicted octanol–water partition coefficient (Wildman–Crippen LogP) is 14.7. The zero-order chi connectivity index (χ0) is 41.0. The number of fused-ring (bicyclic) bond motifs is 6. The van der Waals surface area contributed by atoms with Gasteiger partial charge < -0.3 is 14.5 Å². The van der Waals surface area contributed by atoms with E-state index >= 15 is 0 Å². The molecule has 0 aliphatic carbocycles. The smallest absolute Gasteiger partial charge is 0.200 e. The van der Waals surface area contributed by atoms with Crippen molar-refractivity contribution in [2.24, 2.45) is 4.99 Å². The molecule has 62 heavy (non-hydrogen) atoms. The Balaban J connectivity index is 0.854. The largest absolute Gasteiger partial charge is 0.352 e. The number of hydrogen-bond acceptors (Lipinski definition) is 2. The molecule has 0 saturated heterocycles. The third kappa shape index (κ3) is 6.12. The maximum atomic E-state index is 5.13. The van der Waals surface area contributed by atoms with E-state index in [1.165, 1.54) is 82.8 Å². The highest BCUT2D eigenvalue weighted by molar-refractivity contribution is 6.13. The highest BCUT2D eigenvalue weighted by Crippen LogP contribution is 2.39. The van der Waals surface area contributed by atoms with Crippen molar-refractivity contribution in [3.63, 3.8) is 0 Å². The third-order valence-corrected chi connectivity index (χ3v) is 12.4. The number of rotatable bonds is 7. The number of benzene rings is 9. The summed E-state index contributed by atoms with van der Waals surface area (Å²) in [6.07, 6.45) is 3.83. The number of hydrogen-bond donors (Lipinski definition) is 1. The van der Waals surface area contributed by atoms with Gasteiger partial charge in [-0.05, 0) is 117 Å². The van der Waals surface area contributed by atoms with E-state index in [4.69, 9.17) is 4.99 Å². The van der Waals surface area contributed by atoms with Crippen LogP contribution in [0.3, 0.4) is 0 Å². The summed E-state index contributed by atoms with van der Waals surface area (Å²) in [6.45, 7) is 0. The molecule has 4 heteroatoms. The topological polar surface area (TPSA) is 34.2 Å². The Bertz CT molecular complexity index is 3460. The van der Waals surface area contributed by atoms with E-state index in [0.29, 0.717) is 0 Å². The van der Waals surface area contributed by atoms with Gasteiger partial charge in [0.05, 0.1) is 22.1 Å². The number of aromatic nitrogens is 2. The van der Waals surface area contributed by atoms with Crippen LogP contribution in [-0.4, -0.2) is 15.3 Å². The normalized spacial score (nSPS) is 13.8. The lowest BCUT2D eigenvalue weighted by Crippen LogP contribution is -2.23. The van der Waals surface area contributed by atoms with E-state index < -0.39 is 0 Å². The van der Waals surface area contributed by atoms with Crippen molar-refractivity contribution in [2.75, 3.05) is 0 Å². The fourth-order valence-corrected chi connectivity index (χ4v) is 9.39. The summed E-state index contributed by atoms with van der Waals surface area (Å²) in [7, 11) is 0. The second-order valence-electron chi connectivity index (χ2n) is 16.1. The molecule has 4 nitrogen and oxygen atoms in total. The standard InChI is InChI=1S/C58H40N4/c1-4-14-39(15-5-1)45-32-46(40-16-6-2-7-17-40)34-47(33-45)41-24-26-42(27-25-41)48-37-59-58(60-38-48)62-55-23-13-11-21-51(55)53-36-44(29-31-57(53)62)43-28-30-56-52(35-43)50-20-10-12-22-54(50)61(56)49-18-8-3-9-19-49/h1-38,58-59H. The van der Waals surface area contributed by atoms with Gasteiger partial charge >= 0.3 is 0 Å². The van der Waals surface area contributed by atoms with Crippen LogP contribution in [0.2, 0.25) is 0 Å². The van der Waals surface area contributed by atoms with Crippen molar-refractivity contribution in [3.8, 4) is 50.2 Å². The molecule has 1 aliphatic rings. The highest BCUT2D eigenvalue weighted by Gasteiger charge is 2.20. The summed E-state index contributed by atoms with van der Waals surface area (Å²) in [5.74, 6) is 0. The Morgan fingerprint density at radius 1 is 0.339 bits per heavy atom. The van der Waals surface area contributed by atoms with Crippen LogP contribution in [0.15, 0.2) is 230 Å². The summed E-state index contributed by atoms with van der Waals surface area (Å²) in [6, 6.07) is 78.7. The Morgan fingerprint density at radius 3 is 1.37 bits per heavy atom. The molecule has 0 spiro atoms. The van der Waals surface area contributed by atoms with E-state index in [0.717, 1.165) is 22.2 Å². The number of aliphatic imine (C=N–C) groups is 1. The first kappa shape index (κ1) is 35.7. The molecule has 1 atom stereocenters. The summed E-state index contributed by atoms with van der Waals surface area (Å²) in [5, 5.41) is 8.57. The molecule has 1 unspecified atom stereocenters. The molecule has 3 heterocycles. The van der Waals surface area contributed by atoms with Gasteiger partial charge in [-0.2, -0.15) is 0 Å². The second-order valence-corrected chi connectivity index (χ2v) is 16.1. The molecule has 11 aromatic rings. The summed E-state index contributed by atoms with van der Waals surface area (Å²) in [4.78, 5) is 5.13. The summed E-state index contributed by atoms with van der Waals surface area (Å²) < 4.78 is 4.69. The van der Waals surface area contributed by atoms with Crippen molar-refractivity contribution < 1.29 is 0 Å². The second kappa shape index (κ2) is 14.8. The Kier molecular flexibility index (Phi) is 8.53. The van der Waals surface area contributed by atoms with Crippen LogP contribution in [0.5, 0.6) is 0 Å². The fraction of sp³-hybridized carbons (Fsp3) is 0.0172. The number of nitrogens with zero attached hydrogens (tertiary/aromatic N) is 3. The van der Waals surface area contributed by atoms with Crippen molar-refractivity contribution >= 4 is 55.4 Å². The van der Waals surface area contributed by atoms with Crippen LogP contribution >= 0.6 is 0 Å². The van der Waals surface area contributed by atoms with Crippen LogP contribution < -0.4 is 5.32 Å². The molecule has 0 bridgehead atoms. The lowest BCUT2D eigenvalue weighted by molar-refractivity contribution is 0.502. The van der Waals surface area contributed by atoms with E-state index in [1.807, 2.05) is 6.21 Å². The molecule has 292 valence electrons. The maximum absolute atomic E-state index is 5.13. The van der Waals surface area contributed by atoms with Crippen LogP contribution in [0.1, 0.15) is 11.9 Å². The molecule has 12 rings (SSSR count). The average Bonchev–Trinajstić information content (AvgIpc) is 3.87. The van der Waals surface area contributed by atoms with E-state index in [9.17, 15) is 0 Å². The molecule has 9 aromatic carbocycles. The van der Waals surface area contributed by atoms with Gasteiger partial charge in [0, 0.05) is 45.2 Å². The monoisotopic (exact) mass is 792 g/mol. The van der Waals surface area contributed by atoms with Crippen LogP contribution in [-0.2, 0) is 0 Å². The molecule has 0 saturated carbocycles. The van der Waals surface area contributed by atoms with Gasteiger partial charge in [0.2, 0.25) is 0 Å². The minimum absolute atomic E-state index is 0.288. The molecule has 2 aromatic heterocycles. The molecular formula is C58H40N4. The van der Waals surface area contributed by atoms with Gasteiger partial charge in [-0.3, -0.25) is 0 Å². The van der Waals surface area contributed by atoms with Gasteiger partial charge in [0.1, 0.15) is 0 Å². The van der Waals surface area contributed by atoms with Crippen LogP contribution in [0, 0.1) is 0 Å². The van der Waals surface area contributed by atoms with Gasteiger partial charge in [-0.15, -0.1) is 0 Å². The zero-order valence-corrected chi connectivity index (χ0v) is 33.9. The van der Waals surface area contributed by atoms with Crippen molar-refractivity contribution in [1.29, 1.82) is 0 Å². The maximum Gasteiger partial charge on any atom is 0.200 e. The summed E-state index contributed by atoms with van der Waals surface area (Å²) >= 11 is 0. The quantitative estimate of drug-likeness (QED) is 0.171. The lowest BCUT2D eigenvalue weighted by atomic mass is 9.92. The molecular weight excluding hydrogens is 753 g/mol. The fourth-order valence-electron chi connectivity index (χ4n) is 9.39. The minimum atomic E-state index is -0.288. The van der Waals surface area contributed by atoms with Crippen LogP contribution in [0.4, 0.5) is 0 Å². The first-order valence-corrected chi connectivity index (χ1v) is 21.2. The molecule has 0 fully saturated rings. The molecule has 0 amide bonds. The SMILES string of the molecule is C1=NC(n2c3ccccc3c3cc(-c4ccc5c(c4)c4ccccc4n5-c4ccccc4)ccc32)NC=C1c1ccc(-c2cc(-c3ccccc3)cc(-c3ccccc3)c2)cc1. The number of nitrogens with one attached hydrogen (secondary N) is 1. The van der Waals surface area contributed by atoms with Crippen LogP contribution in [0.25, 0.3) is 99.4 Å². The first-order chi connectivity index (χ1) is 30.7. The minimum Gasteiger partial charge on any atom is -0.352 e. The predicted molar refractivity (Wildman–Crippen MR) is 261 cm³/mol. The highest BCUT2D eigenvalue weighted by atomic mass is 15.3. The van der Waals surface area contributed by atoms with E-state index in [2.05, 4.69) is 239 Å². The van der Waals surface area contributed by atoms with Gasteiger partial charge in [-0.25, -0.2) is 4.99 Å². The molecule has 1 aliphatic heterocycles. The number of para-hydroxylation sites is 3. The van der Waals surface area contributed by atoms with Crippen molar-refractivity contribution in [2.45, 2.75) is 6.29 Å². The Labute approximate surface area is 360 Å². The summed E-state index contributed by atoms with van der Waals surface area (Å²) in [5.41, 5.74) is 17.6. The van der Waals surface area contributed by atoms with Gasteiger partial charge in [0.25, 0.3) is 0 Å². The number of allylic oxidation sites excluding steroid dienone is 1. The van der Waals surface area contributed by atoms with E-state index in [1.54, 1.807) is 0 Å².